The molecule has 1 heterocycles. The zero-order valence-electron chi connectivity index (χ0n) is 13.3. The predicted molar refractivity (Wildman–Crippen MR) is 93.5 cm³/mol. The molecular weight excluding hydrogens is 308 g/mol. The Hall–Kier alpha value is -1.95. The summed E-state index contributed by atoms with van der Waals surface area (Å²) in [5.74, 6) is 0. The van der Waals surface area contributed by atoms with Crippen molar-refractivity contribution in [3.63, 3.8) is 0 Å². The second-order valence-corrected chi connectivity index (χ2v) is 7.25. The summed E-state index contributed by atoms with van der Waals surface area (Å²) in [6, 6.07) is 8.19. The van der Waals surface area contributed by atoms with Crippen molar-refractivity contribution in [1.29, 1.82) is 0 Å². The number of benzene rings is 1. The minimum Gasteiger partial charge on any atom is -0.337 e. The van der Waals surface area contributed by atoms with Gasteiger partial charge in [-0.15, -0.1) is 0 Å². The summed E-state index contributed by atoms with van der Waals surface area (Å²) in [4.78, 5) is 15.9. The highest BCUT2D eigenvalue weighted by atomic mass is 32.2. The number of carbonyl (C=O) groups is 1. The van der Waals surface area contributed by atoms with Crippen LogP contribution >= 0.6 is 11.8 Å². The van der Waals surface area contributed by atoms with Crippen LogP contribution < -0.4 is 10.6 Å². The van der Waals surface area contributed by atoms with Crippen molar-refractivity contribution in [2.24, 2.45) is 0 Å². The first kappa shape index (κ1) is 15.9. The maximum Gasteiger partial charge on any atom is 0.315 e. The molecule has 0 saturated heterocycles. The van der Waals surface area contributed by atoms with Crippen LogP contribution in [0.2, 0.25) is 0 Å². The van der Waals surface area contributed by atoms with Crippen LogP contribution in [0.15, 0.2) is 43.0 Å². The van der Waals surface area contributed by atoms with E-state index in [4.69, 9.17) is 0 Å². The van der Waals surface area contributed by atoms with Gasteiger partial charge in [-0.1, -0.05) is 24.3 Å². The van der Waals surface area contributed by atoms with E-state index in [0.717, 1.165) is 18.7 Å². The highest BCUT2D eigenvalue weighted by molar-refractivity contribution is 8.00. The van der Waals surface area contributed by atoms with Gasteiger partial charge in [-0.25, -0.2) is 9.78 Å². The van der Waals surface area contributed by atoms with E-state index in [1.54, 1.807) is 12.5 Å². The standard InChI is InChI=1S/C17H22N4OS/c1-23-17(6-7-17)12-20-16(22)19-10-14-2-4-15(5-3-14)11-21-9-8-18-13-21/h2-5,8-9,13H,6-7,10-12H2,1H3,(H2,19,20,22). The first-order valence-electron chi connectivity index (χ1n) is 7.80. The van der Waals surface area contributed by atoms with Crippen LogP contribution in [0.3, 0.4) is 0 Å². The summed E-state index contributed by atoms with van der Waals surface area (Å²) in [7, 11) is 0. The zero-order chi connectivity index (χ0) is 16.1. The summed E-state index contributed by atoms with van der Waals surface area (Å²) in [5, 5.41) is 5.88. The largest absolute Gasteiger partial charge is 0.337 e. The van der Waals surface area contributed by atoms with E-state index in [0.29, 0.717) is 11.3 Å². The second kappa shape index (κ2) is 7.08. The molecule has 2 aromatic rings. The molecule has 0 unspecified atom stereocenters. The van der Waals surface area contributed by atoms with Gasteiger partial charge in [-0.3, -0.25) is 0 Å². The molecule has 5 nitrogen and oxygen atoms in total. The fourth-order valence-electron chi connectivity index (χ4n) is 2.43. The van der Waals surface area contributed by atoms with Crippen LogP contribution in [-0.4, -0.2) is 33.1 Å². The van der Waals surface area contributed by atoms with Gasteiger partial charge >= 0.3 is 6.03 Å². The molecule has 2 amide bonds. The molecule has 0 radical (unpaired) electrons. The maximum atomic E-state index is 11.8. The van der Waals surface area contributed by atoms with Gasteiger partial charge in [0.2, 0.25) is 0 Å². The van der Waals surface area contributed by atoms with Crippen molar-refractivity contribution in [2.75, 3.05) is 12.8 Å². The number of thioether (sulfide) groups is 1. The lowest BCUT2D eigenvalue weighted by atomic mass is 10.1. The Morgan fingerprint density at radius 1 is 1.26 bits per heavy atom. The van der Waals surface area contributed by atoms with Gasteiger partial charge in [-0.2, -0.15) is 11.8 Å². The minimum atomic E-state index is -0.0900. The third-order valence-corrected chi connectivity index (χ3v) is 5.63. The molecule has 6 heteroatoms. The van der Waals surface area contributed by atoms with Crippen molar-refractivity contribution in [3.8, 4) is 0 Å². The van der Waals surface area contributed by atoms with E-state index in [1.807, 2.05) is 22.5 Å². The highest BCUT2D eigenvalue weighted by Gasteiger charge is 2.41. The molecule has 3 rings (SSSR count). The zero-order valence-corrected chi connectivity index (χ0v) is 14.1. The Bertz CT molecular complexity index is 635. The Morgan fingerprint density at radius 3 is 2.61 bits per heavy atom. The number of carbonyl (C=O) groups excluding carboxylic acids is 1. The molecule has 0 spiro atoms. The van der Waals surface area contributed by atoms with Crippen LogP contribution in [0.1, 0.15) is 24.0 Å². The number of aromatic nitrogens is 2. The number of hydrogen-bond acceptors (Lipinski definition) is 3. The molecule has 0 aliphatic heterocycles. The van der Waals surface area contributed by atoms with Crippen LogP contribution in [0.5, 0.6) is 0 Å². The molecule has 1 aliphatic rings. The van der Waals surface area contributed by atoms with Gasteiger partial charge in [0.05, 0.1) is 6.33 Å². The average molecular weight is 330 g/mol. The lowest BCUT2D eigenvalue weighted by Crippen LogP contribution is -2.39. The highest BCUT2D eigenvalue weighted by Crippen LogP contribution is 2.46. The molecule has 122 valence electrons. The molecule has 0 atom stereocenters. The summed E-state index contributed by atoms with van der Waals surface area (Å²) >= 11 is 1.85. The van der Waals surface area contributed by atoms with Crippen molar-refractivity contribution < 1.29 is 4.79 Å². The number of nitrogens with zero attached hydrogens (tertiary/aromatic N) is 2. The van der Waals surface area contributed by atoms with Gasteiger partial charge in [-0.05, 0) is 30.2 Å². The van der Waals surface area contributed by atoms with Gasteiger partial charge in [0.25, 0.3) is 0 Å². The quantitative estimate of drug-likeness (QED) is 0.820. The molecule has 0 bridgehead atoms. The van der Waals surface area contributed by atoms with Crippen molar-refractivity contribution in [1.82, 2.24) is 20.2 Å². The predicted octanol–water partition coefficient (Wildman–Crippen LogP) is 2.63. The Labute approximate surface area is 140 Å². The van der Waals surface area contributed by atoms with Crippen molar-refractivity contribution in [3.05, 3.63) is 54.1 Å². The summed E-state index contributed by atoms with van der Waals surface area (Å²) in [5.41, 5.74) is 2.31. The van der Waals surface area contributed by atoms with Crippen LogP contribution in [0.25, 0.3) is 0 Å². The van der Waals surface area contributed by atoms with Crippen molar-refractivity contribution >= 4 is 17.8 Å². The van der Waals surface area contributed by atoms with E-state index in [9.17, 15) is 4.79 Å². The van der Waals surface area contributed by atoms with E-state index < -0.39 is 0 Å². The second-order valence-electron chi connectivity index (χ2n) is 5.97. The summed E-state index contributed by atoms with van der Waals surface area (Å²) < 4.78 is 2.33. The number of nitrogens with one attached hydrogen (secondary N) is 2. The van der Waals surface area contributed by atoms with Gasteiger partial charge in [0.1, 0.15) is 0 Å². The number of imidazole rings is 1. The Morgan fingerprint density at radius 2 is 2.00 bits per heavy atom. The number of amides is 2. The Kier molecular flexibility index (Phi) is 4.91. The molecule has 1 aromatic carbocycles. The normalized spacial score (nSPS) is 15.2. The fraction of sp³-hybridized carbons (Fsp3) is 0.412. The first-order valence-corrected chi connectivity index (χ1v) is 9.02. The third kappa shape index (κ3) is 4.51. The van der Waals surface area contributed by atoms with Crippen molar-refractivity contribution in [2.45, 2.75) is 30.7 Å². The van der Waals surface area contributed by atoms with Crippen LogP contribution in [0, 0.1) is 0 Å². The van der Waals surface area contributed by atoms with Gasteiger partial charge < -0.3 is 15.2 Å². The van der Waals surface area contributed by atoms with Gasteiger partial charge in [0.15, 0.2) is 0 Å². The van der Waals surface area contributed by atoms with Gasteiger partial charge in [0, 0.05) is 36.8 Å². The molecule has 1 fully saturated rings. The lowest BCUT2D eigenvalue weighted by Gasteiger charge is -2.13. The smallest absolute Gasteiger partial charge is 0.315 e. The monoisotopic (exact) mass is 330 g/mol. The van der Waals surface area contributed by atoms with Crippen LogP contribution in [0.4, 0.5) is 4.79 Å². The molecule has 23 heavy (non-hydrogen) atoms. The number of hydrogen-bond donors (Lipinski definition) is 2. The number of rotatable bonds is 7. The molecular formula is C17H22N4OS. The van der Waals surface area contributed by atoms with E-state index in [1.165, 1.54) is 18.4 Å². The van der Waals surface area contributed by atoms with E-state index >= 15 is 0 Å². The summed E-state index contributed by atoms with van der Waals surface area (Å²) in [6.45, 7) is 2.11. The minimum absolute atomic E-state index is 0.0900. The molecule has 1 aliphatic carbocycles. The third-order valence-electron chi connectivity index (χ3n) is 4.21. The summed E-state index contributed by atoms with van der Waals surface area (Å²) in [6.07, 6.45) is 10.0. The first-order chi connectivity index (χ1) is 11.2. The number of urea groups is 1. The fourth-order valence-corrected chi connectivity index (χ4v) is 3.16. The average Bonchev–Trinajstić information content (AvgIpc) is 3.19. The van der Waals surface area contributed by atoms with E-state index in [2.05, 4.69) is 46.1 Å². The molecule has 1 saturated carbocycles. The molecule has 1 aromatic heterocycles. The SMILES string of the molecule is CSC1(CNC(=O)NCc2ccc(Cn3ccnc3)cc2)CC1. The van der Waals surface area contributed by atoms with Crippen LogP contribution in [-0.2, 0) is 13.1 Å². The Balaban J connectivity index is 1.42. The van der Waals surface area contributed by atoms with E-state index in [-0.39, 0.29) is 6.03 Å². The lowest BCUT2D eigenvalue weighted by molar-refractivity contribution is 0.240. The topological polar surface area (TPSA) is 59.0 Å². The maximum absolute atomic E-state index is 11.8. The molecule has 2 N–H and O–H groups in total.